The maximum Gasteiger partial charge on any atom is 0.0574 e. The molecule has 2 aromatic rings. The minimum Gasteiger partial charge on any atom is -0.382 e. The number of nitrogens with one attached hydrogen (secondary N) is 1. The molecule has 2 heteroatoms. The van der Waals surface area contributed by atoms with Crippen molar-refractivity contribution in [1.82, 2.24) is 0 Å². The summed E-state index contributed by atoms with van der Waals surface area (Å²) in [5.74, 6) is 0. The highest BCUT2D eigenvalue weighted by molar-refractivity contribution is 7.17. The molecule has 0 aliphatic rings. The van der Waals surface area contributed by atoms with Gasteiger partial charge in [-0.25, -0.2) is 0 Å². The maximum atomic E-state index is 3.44. The Balaban J connectivity index is 2.48. The van der Waals surface area contributed by atoms with Crippen LogP contribution in [-0.2, 0) is 0 Å². The SMILES string of the molecule is CC(C)Nc1cccc2ccsc12. The molecule has 2 rings (SSSR count). The third-order valence-electron chi connectivity index (χ3n) is 1.92. The van der Waals surface area contributed by atoms with Gasteiger partial charge in [-0.05, 0) is 36.7 Å². The maximum absolute atomic E-state index is 3.44. The average Bonchev–Trinajstić information content (AvgIpc) is 2.51. The Morgan fingerprint density at radius 2 is 2.08 bits per heavy atom. The minimum absolute atomic E-state index is 0.493. The molecule has 1 aromatic heterocycles. The molecule has 0 saturated heterocycles. The van der Waals surface area contributed by atoms with Crippen LogP contribution in [0.3, 0.4) is 0 Å². The quantitative estimate of drug-likeness (QED) is 0.762. The van der Waals surface area contributed by atoms with Crippen LogP contribution in [0.2, 0.25) is 0 Å². The predicted octanol–water partition coefficient (Wildman–Crippen LogP) is 3.72. The number of anilines is 1. The molecule has 0 saturated carbocycles. The predicted molar refractivity (Wildman–Crippen MR) is 60.6 cm³/mol. The van der Waals surface area contributed by atoms with Gasteiger partial charge in [-0.1, -0.05) is 12.1 Å². The summed E-state index contributed by atoms with van der Waals surface area (Å²) in [4.78, 5) is 0. The van der Waals surface area contributed by atoms with Crippen LogP contribution in [0.25, 0.3) is 10.1 Å². The molecule has 1 heterocycles. The molecule has 0 spiro atoms. The Kier molecular flexibility index (Phi) is 2.23. The van der Waals surface area contributed by atoms with E-state index in [1.165, 1.54) is 15.8 Å². The van der Waals surface area contributed by atoms with E-state index >= 15 is 0 Å². The zero-order valence-corrected chi connectivity index (χ0v) is 8.69. The molecular formula is C11H13NS. The standard InChI is InChI=1S/C11H13NS/c1-8(2)12-10-5-3-4-9-6-7-13-11(9)10/h3-8,12H,1-2H3. The van der Waals surface area contributed by atoms with Crippen LogP contribution in [-0.4, -0.2) is 6.04 Å². The van der Waals surface area contributed by atoms with E-state index in [0.29, 0.717) is 6.04 Å². The van der Waals surface area contributed by atoms with Gasteiger partial charge in [0.1, 0.15) is 0 Å². The van der Waals surface area contributed by atoms with Crippen LogP contribution in [0, 0.1) is 0 Å². The number of fused-ring (bicyclic) bond motifs is 1. The highest BCUT2D eigenvalue weighted by Gasteiger charge is 2.01. The van der Waals surface area contributed by atoms with Crippen LogP contribution in [0.15, 0.2) is 29.6 Å². The van der Waals surface area contributed by atoms with Gasteiger partial charge in [-0.3, -0.25) is 0 Å². The third-order valence-corrected chi connectivity index (χ3v) is 2.89. The van der Waals surface area contributed by atoms with E-state index in [0.717, 1.165) is 0 Å². The molecular weight excluding hydrogens is 178 g/mol. The fourth-order valence-electron chi connectivity index (χ4n) is 1.42. The molecule has 0 unspecified atom stereocenters. The van der Waals surface area contributed by atoms with Crippen molar-refractivity contribution >= 4 is 27.1 Å². The summed E-state index contributed by atoms with van der Waals surface area (Å²) >= 11 is 1.79. The van der Waals surface area contributed by atoms with Gasteiger partial charge >= 0.3 is 0 Å². The molecule has 1 aromatic carbocycles. The van der Waals surface area contributed by atoms with Crippen LogP contribution in [0.5, 0.6) is 0 Å². The average molecular weight is 191 g/mol. The molecule has 0 atom stereocenters. The summed E-state index contributed by atoms with van der Waals surface area (Å²) in [7, 11) is 0. The van der Waals surface area contributed by atoms with E-state index in [-0.39, 0.29) is 0 Å². The van der Waals surface area contributed by atoms with E-state index in [4.69, 9.17) is 0 Å². The summed E-state index contributed by atoms with van der Waals surface area (Å²) < 4.78 is 1.36. The molecule has 0 radical (unpaired) electrons. The van der Waals surface area contributed by atoms with Gasteiger partial charge in [-0.15, -0.1) is 11.3 Å². The Morgan fingerprint density at radius 1 is 1.23 bits per heavy atom. The smallest absolute Gasteiger partial charge is 0.0574 e. The van der Waals surface area contributed by atoms with Crippen molar-refractivity contribution in [3.05, 3.63) is 29.6 Å². The number of thiophene rings is 1. The lowest BCUT2D eigenvalue weighted by atomic mass is 10.2. The first-order chi connectivity index (χ1) is 6.27. The highest BCUT2D eigenvalue weighted by atomic mass is 32.1. The van der Waals surface area contributed by atoms with E-state index in [9.17, 15) is 0 Å². The molecule has 0 amide bonds. The first kappa shape index (κ1) is 8.57. The third kappa shape index (κ3) is 1.68. The zero-order chi connectivity index (χ0) is 9.26. The van der Waals surface area contributed by atoms with Crippen molar-refractivity contribution in [1.29, 1.82) is 0 Å². The van der Waals surface area contributed by atoms with Crippen molar-refractivity contribution in [3.8, 4) is 0 Å². The summed E-state index contributed by atoms with van der Waals surface area (Å²) in [6.45, 7) is 4.32. The molecule has 1 nitrogen and oxygen atoms in total. The van der Waals surface area contributed by atoms with Crippen molar-refractivity contribution in [2.45, 2.75) is 19.9 Å². The largest absolute Gasteiger partial charge is 0.382 e. The fraction of sp³-hybridized carbons (Fsp3) is 0.273. The van der Waals surface area contributed by atoms with Gasteiger partial charge in [0.15, 0.2) is 0 Å². The molecule has 0 bridgehead atoms. The number of benzene rings is 1. The normalized spacial score (nSPS) is 11.0. The van der Waals surface area contributed by atoms with Crippen LogP contribution in [0.4, 0.5) is 5.69 Å². The lowest BCUT2D eigenvalue weighted by Gasteiger charge is -2.10. The Hall–Kier alpha value is -1.02. The summed E-state index contributed by atoms with van der Waals surface area (Å²) in [6.07, 6.45) is 0. The van der Waals surface area contributed by atoms with Gasteiger partial charge in [-0.2, -0.15) is 0 Å². The number of hydrogen-bond acceptors (Lipinski definition) is 2. The molecule has 0 aliphatic carbocycles. The molecule has 0 aliphatic heterocycles. The van der Waals surface area contributed by atoms with E-state index < -0.39 is 0 Å². The Morgan fingerprint density at radius 3 is 2.85 bits per heavy atom. The van der Waals surface area contributed by atoms with Crippen molar-refractivity contribution < 1.29 is 0 Å². The fourth-order valence-corrected chi connectivity index (χ4v) is 2.29. The van der Waals surface area contributed by atoms with Crippen LogP contribution < -0.4 is 5.32 Å². The molecule has 1 N–H and O–H groups in total. The van der Waals surface area contributed by atoms with E-state index in [1.807, 2.05) is 0 Å². The summed E-state index contributed by atoms with van der Waals surface area (Å²) in [5.41, 5.74) is 1.25. The van der Waals surface area contributed by atoms with Crippen LogP contribution >= 0.6 is 11.3 Å². The second-order valence-electron chi connectivity index (χ2n) is 3.44. The molecule has 68 valence electrons. The second-order valence-corrected chi connectivity index (χ2v) is 4.36. The van der Waals surface area contributed by atoms with Gasteiger partial charge in [0.05, 0.1) is 10.4 Å². The second kappa shape index (κ2) is 3.38. The first-order valence-corrected chi connectivity index (χ1v) is 5.38. The van der Waals surface area contributed by atoms with Gasteiger partial charge < -0.3 is 5.32 Å². The van der Waals surface area contributed by atoms with Crippen molar-refractivity contribution in [2.24, 2.45) is 0 Å². The zero-order valence-electron chi connectivity index (χ0n) is 7.87. The van der Waals surface area contributed by atoms with E-state index in [1.54, 1.807) is 11.3 Å². The van der Waals surface area contributed by atoms with E-state index in [2.05, 4.69) is 48.8 Å². The van der Waals surface area contributed by atoms with Crippen LogP contribution in [0.1, 0.15) is 13.8 Å². The summed E-state index contributed by atoms with van der Waals surface area (Å²) in [5, 5.41) is 6.91. The van der Waals surface area contributed by atoms with Crippen molar-refractivity contribution in [2.75, 3.05) is 5.32 Å². The Bertz CT molecular complexity index is 403. The molecule has 13 heavy (non-hydrogen) atoms. The van der Waals surface area contributed by atoms with Gasteiger partial charge in [0.25, 0.3) is 0 Å². The summed E-state index contributed by atoms with van der Waals surface area (Å²) in [6, 6.07) is 9.04. The monoisotopic (exact) mass is 191 g/mol. The van der Waals surface area contributed by atoms with Gasteiger partial charge in [0.2, 0.25) is 0 Å². The first-order valence-electron chi connectivity index (χ1n) is 4.50. The topological polar surface area (TPSA) is 12.0 Å². The minimum atomic E-state index is 0.493. The number of rotatable bonds is 2. The number of hydrogen-bond donors (Lipinski definition) is 1. The Labute approximate surface area is 82.4 Å². The molecule has 0 fully saturated rings. The van der Waals surface area contributed by atoms with Crippen molar-refractivity contribution in [3.63, 3.8) is 0 Å². The lowest BCUT2D eigenvalue weighted by Crippen LogP contribution is -2.09. The van der Waals surface area contributed by atoms with Gasteiger partial charge in [0, 0.05) is 6.04 Å². The highest BCUT2D eigenvalue weighted by Crippen LogP contribution is 2.28. The lowest BCUT2D eigenvalue weighted by molar-refractivity contribution is 0.902.